The second kappa shape index (κ2) is 7.29. The first-order valence-corrected chi connectivity index (χ1v) is 7.38. The summed E-state index contributed by atoms with van der Waals surface area (Å²) in [6.45, 7) is 6.20. The molecule has 4 heteroatoms. The van der Waals surface area contributed by atoms with Crippen molar-refractivity contribution in [3.05, 3.63) is 35.9 Å². The zero-order valence-corrected chi connectivity index (χ0v) is 12.3. The minimum Gasteiger partial charge on any atom is -0.447 e. The van der Waals surface area contributed by atoms with Crippen LogP contribution in [0, 0.1) is 0 Å². The summed E-state index contributed by atoms with van der Waals surface area (Å²) >= 11 is 0. The number of piperidine rings is 1. The Morgan fingerprint density at radius 3 is 2.55 bits per heavy atom. The third-order valence-corrected chi connectivity index (χ3v) is 3.53. The lowest BCUT2D eigenvalue weighted by molar-refractivity contribution is 0.0678. The Bertz CT molecular complexity index is 412. The predicted octanol–water partition coefficient (Wildman–Crippen LogP) is 2.79. The highest BCUT2D eigenvalue weighted by Gasteiger charge is 2.23. The molecule has 0 unspecified atom stereocenters. The van der Waals surface area contributed by atoms with Gasteiger partial charge in [0.2, 0.25) is 0 Å². The molecule has 1 fully saturated rings. The van der Waals surface area contributed by atoms with Crippen LogP contribution >= 0.6 is 0 Å². The zero-order valence-electron chi connectivity index (χ0n) is 12.3. The molecular formula is C16H24N2O2. The van der Waals surface area contributed by atoms with Gasteiger partial charge in [-0.05, 0) is 32.3 Å². The van der Waals surface area contributed by atoms with E-state index in [-0.39, 0.29) is 12.2 Å². The Kier molecular flexibility index (Phi) is 5.41. The minimum atomic E-state index is -0.179. The number of benzene rings is 1. The second-order valence-electron chi connectivity index (χ2n) is 5.56. The molecule has 0 atom stereocenters. The second-order valence-corrected chi connectivity index (χ2v) is 5.56. The number of carbonyl (C=O) groups is 1. The fraction of sp³-hybridized carbons (Fsp3) is 0.562. The quantitative estimate of drug-likeness (QED) is 0.919. The summed E-state index contributed by atoms with van der Waals surface area (Å²) in [6, 6.07) is 10.9. The Labute approximate surface area is 121 Å². The van der Waals surface area contributed by atoms with Crippen LogP contribution < -0.4 is 5.32 Å². The van der Waals surface area contributed by atoms with E-state index in [0.29, 0.717) is 6.04 Å². The highest BCUT2D eigenvalue weighted by Crippen LogP contribution is 2.13. The van der Waals surface area contributed by atoms with Crippen molar-refractivity contribution in [2.45, 2.75) is 45.4 Å². The molecule has 1 aliphatic heterocycles. The number of ether oxygens (including phenoxy) is 1. The van der Waals surface area contributed by atoms with Gasteiger partial charge >= 0.3 is 6.09 Å². The first-order chi connectivity index (χ1) is 9.65. The van der Waals surface area contributed by atoms with Crippen molar-refractivity contribution in [3.8, 4) is 0 Å². The average Bonchev–Trinajstić information content (AvgIpc) is 2.46. The summed E-state index contributed by atoms with van der Waals surface area (Å²) in [7, 11) is 0. The van der Waals surface area contributed by atoms with E-state index >= 15 is 0 Å². The van der Waals surface area contributed by atoms with Crippen LogP contribution in [0.5, 0.6) is 0 Å². The molecule has 1 aliphatic rings. The molecular weight excluding hydrogens is 252 g/mol. The van der Waals surface area contributed by atoms with Gasteiger partial charge in [-0.15, -0.1) is 0 Å². The molecule has 1 N–H and O–H groups in total. The number of rotatable bonds is 4. The lowest BCUT2D eigenvalue weighted by atomic mass is 10.0. The van der Waals surface area contributed by atoms with Crippen molar-refractivity contribution in [1.82, 2.24) is 10.2 Å². The van der Waals surface area contributed by atoms with Crippen LogP contribution in [0.15, 0.2) is 30.3 Å². The van der Waals surface area contributed by atoms with E-state index in [1.165, 1.54) is 5.56 Å². The van der Waals surface area contributed by atoms with Crippen LogP contribution in [-0.2, 0) is 11.3 Å². The standard InChI is InChI=1S/C16H24N2O2/c1-13(2)20-16(19)18-10-8-15(9-11-18)17-12-14-6-4-3-5-7-14/h3-7,13,15,17H,8-12H2,1-2H3. The molecule has 2 rings (SSSR count). The zero-order chi connectivity index (χ0) is 14.4. The van der Waals surface area contributed by atoms with E-state index < -0.39 is 0 Å². The molecule has 0 radical (unpaired) electrons. The van der Waals surface area contributed by atoms with Gasteiger partial charge in [0.1, 0.15) is 0 Å². The number of likely N-dealkylation sites (tertiary alicyclic amines) is 1. The summed E-state index contributed by atoms with van der Waals surface area (Å²) in [5.41, 5.74) is 1.30. The normalized spacial score (nSPS) is 16.4. The molecule has 0 bridgehead atoms. The van der Waals surface area contributed by atoms with Crippen LogP contribution in [0.3, 0.4) is 0 Å². The molecule has 1 saturated heterocycles. The van der Waals surface area contributed by atoms with E-state index in [4.69, 9.17) is 4.74 Å². The van der Waals surface area contributed by atoms with Gasteiger partial charge < -0.3 is 15.0 Å². The maximum Gasteiger partial charge on any atom is 0.410 e. The fourth-order valence-electron chi connectivity index (χ4n) is 2.40. The summed E-state index contributed by atoms with van der Waals surface area (Å²) in [5, 5.41) is 3.56. The summed E-state index contributed by atoms with van der Waals surface area (Å²) < 4.78 is 5.22. The molecule has 1 amide bonds. The molecule has 1 aromatic rings. The summed E-state index contributed by atoms with van der Waals surface area (Å²) in [5.74, 6) is 0. The van der Waals surface area contributed by atoms with E-state index in [0.717, 1.165) is 32.5 Å². The summed E-state index contributed by atoms with van der Waals surface area (Å²) in [4.78, 5) is 13.6. The molecule has 0 aromatic heterocycles. The van der Waals surface area contributed by atoms with E-state index in [1.54, 1.807) is 4.90 Å². The molecule has 4 nitrogen and oxygen atoms in total. The fourth-order valence-corrected chi connectivity index (χ4v) is 2.40. The summed E-state index contributed by atoms with van der Waals surface area (Å²) in [6.07, 6.45) is 1.75. The van der Waals surface area contributed by atoms with E-state index in [9.17, 15) is 4.79 Å². The number of amides is 1. The van der Waals surface area contributed by atoms with Crippen LogP contribution in [0.25, 0.3) is 0 Å². The molecule has 0 spiro atoms. The van der Waals surface area contributed by atoms with Crippen molar-refractivity contribution in [1.29, 1.82) is 0 Å². The van der Waals surface area contributed by atoms with E-state index in [1.807, 2.05) is 19.9 Å². The Morgan fingerprint density at radius 2 is 1.95 bits per heavy atom. The molecule has 0 saturated carbocycles. The monoisotopic (exact) mass is 276 g/mol. The van der Waals surface area contributed by atoms with Gasteiger partial charge in [0.05, 0.1) is 6.10 Å². The highest BCUT2D eigenvalue weighted by atomic mass is 16.6. The van der Waals surface area contributed by atoms with Crippen molar-refractivity contribution in [2.75, 3.05) is 13.1 Å². The third kappa shape index (κ3) is 4.53. The number of nitrogens with one attached hydrogen (secondary N) is 1. The Hall–Kier alpha value is -1.55. The van der Waals surface area contributed by atoms with Crippen molar-refractivity contribution >= 4 is 6.09 Å². The van der Waals surface area contributed by atoms with Crippen LogP contribution in [0.2, 0.25) is 0 Å². The maximum atomic E-state index is 11.8. The van der Waals surface area contributed by atoms with Crippen molar-refractivity contribution in [3.63, 3.8) is 0 Å². The number of nitrogens with zero attached hydrogens (tertiary/aromatic N) is 1. The van der Waals surface area contributed by atoms with E-state index in [2.05, 4.69) is 29.6 Å². The van der Waals surface area contributed by atoms with Gasteiger partial charge in [0.25, 0.3) is 0 Å². The number of hydrogen-bond acceptors (Lipinski definition) is 3. The lowest BCUT2D eigenvalue weighted by Crippen LogP contribution is -2.45. The predicted molar refractivity (Wildman–Crippen MR) is 79.5 cm³/mol. The molecule has 1 aromatic carbocycles. The van der Waals surface area contributed by atoms with Crippen LogP contribution in [0.1, 0.15) is 32.3 Å². The van der Waals surface area contributed by atoms with Crippen LogP contribution in [-0.4, -0.2) is 36.2 Å². The molecule has 0 aliphatic carbocycles. The van der Waals surface area contributed by atoms with Gasteiger partial charge in [0, 0.05) is 25.7 Å². The number of carbonyl (C=O) groups excluding carboxylic acids is 1. The molecule has 1 heterocycles. The van der Waals surface area contributed by atoms with Gasteiger partial charge in [0.15, 0.2) is 0 Å². The Balaban J connectivity index is 1.70. The topological polar surface area (TPSA) is 41.6 Å². The van der Waals surface area contributed by atoms with Gasteiger partial charge in [-0.1, -0.05) is 30.3 Å². The molecule has 110 valence electrons. The van der Waals surface area contributed by atoms with Crippen LogP contribution in [0.4, 0.5) is 4.79 Å². The van der Waals surface area contributed by atoms with Crippen molar-refractivity contribution in [2.24, 2.45) is 0 Å². The maximum absolute atomic E-state index is 11.8. The first-order valence-electron chi connectivity index (χ1n) is 7.38. The minimum absolute atomic E-state index is 0.0450. The van der Waals surface area contributed by atoms with Gasteiger partial charge in [-0.3, -0.25) is 0 Å². The van der Waals surface area contributed by atoms with Crippen molar-refractivity contribution < 1.29 is 9.53 Å². The smallest absolute Gasteiger partial charge is 0.410 e. The SMILES string of the molecule is CC(C)OC(=O)N1CCC(NCc2ccccc2)CC1. The largest absolute Gasteiger partial charge is 0.447 e. The van der Waals surface area contributed by atoms with Gasteiger partial charge in [-0.25, -0.2) is 4.79 Å². The lowest BCUT2D eigenvalue weighted by Gasteiger charge is -2.32. The number of hydrogen-bond donors (Lipinski definition) is 1. The highest BCUT2D eigenvalue weighted by molar-refractivity contribution is 5.67. The third-order valence-electron chi connectivity index (χ3n) is 3.53. The Morgan fingerprint density at radius 1 is 1.30 bits per heavy atom. The van der Waals surface area contributed by atoms with Gasteiger partial charge in [-0.2, -0.15) is 0 Å². The average molecular weight is 276 g/mol. The molecule has 20 heavy (non-hydrogen) atoms. The first kappa shape index (κ1) is 14.9.